The van der Waals surface area contributed by atoms with Gasteiger partial charge in [-0.25, -0.2) is 0 Å². The Balaban J connectivity index is 1.20. The molecule has 2 aromatic heterocycles. The van der Waals surface area contributed by atoms with Gasteiger partial charge in [-0.05, 0) is 106 Å². The second-order valence-electron chi connectivity index (χ2n) is 14.9. The van der Waals surface area contributed by atoms with Gasteiger partial charge in [0, 0.05) is 20.2 Å². The zero-order valence-corrected chi connectivity index (χ0v) is 29.6. The first-order chi connectivity index (χ1) is 21.2. The van der Waals surface area contributed by atoms with Gasteiger partial charge in [-0.2, -0.15) is 0 Å². The van der Waals surface area contributed by atoms with Gasteiger partial charge in [0.25, 0.3) is 0 Å². The van der Waals surface area contributed by atoms with E-state index >= 15 is 0 Å². The molecular formula is C42H52S2. The topological polar surface area (TPSA) is 0 Å². The third-order valence-electron chi connectivity index (χ3n) is 9.93. The van der Waals surface area contributed by atoms with E-state index in [1.807, 2.05) is 22.7 Å². The van der Waals surface area contributed by atoms with Crippen LogP contribution in [0.1, 0.15) is 104 Å². The average Bonchev–Trinajstić information content (AvgIpc) is 3.51. The summed E-state index contributed by atoms with van der Waals surface area (Å²) in [5, 5.41) is 8.40. The van der Waals surface area contributed by atoms with Crippen LogP contribution in [0.25, 0.3) is 51.1 Å². The standard InChI is InChI=1S/C42H52S2/c1-27(2)9-7-11-29(5)13-15-31-17-19-33-23-37-39(25-35(33)21-31)43-42-38-24-34-20-18-32(16-14-30(6)12-8-10-28(3)4)22-36(34)26-40(38)44-41(37)42/h17-30H,7-16H2,1-6H3/t29-,30?/m0/s1. The van der Waals surface area contributed by atoms with E-state index in [2.05, 4.69) is 102 Å². The number of benzene rings is 4. The van der Waals surface area contributed by atoms with Gasteiger partial charge in [0.05, 0.1) is 9.40 Å². The van der Waals surface area contributed by atoms with Gasteiger partial charge >= 0.3 is 0 Å². The minimum absolute atomic E-state index is 0.806. The third-order valence-corrected chi connectivity index (χ3v) is 12.4. The fourth-order valence-corrected chi connectivity index (χ4v) is 9.71. The van der Waals surface area contributed by atoms with Crippen molar-refractivity contribution in [2.24, 2.45) is 23.7 Å². The first kappa shape index (κ1) is 31.6. The van der Waals surface area contributed by atoms with Crippen LogP contribution in [0.5, 0.6) is 0 Å². The molecule has 0 fully saturated rings. The molecule has 2 heteroatoms. The van der Waals surface area contributed by atoms with Crippen LogP contribution in [0.2, 0.25) is 0 Å². The largest absolute Gasteiger partial charge is 0.134 e. The molecule has 0 N–H and O–H groups in total. The highest BCUT2D eigenvalue weighted by Crippen LogP contribution is 2.46. The molecule has 0 amide bonds. The Morgan fingerprint density at radius 3 is 1.30 bits per heavy atom. The molecule has 1 unspecified atom stereocenters. The van der Waals surface area contributed by atoms with E-state index in [0.717, 1.165) is 23.7 Å². The van der Waals surface area contributed by atoms with E-state index in [1.54, 1.807) is 0 Å². The van der Waals surface area contributed by atoms with Crippen LogP contribution in [-0.2, 0) is 12.8 Å². The molecule has 6 rings (SSSR count). The Kier molecular flexibility index (Phi) is 9.98. The van der Waals surface area contributed by atoms with Gasteiger partial charge in [0.15, 0.2) is 0 Å². The minimum Gasteiger partial charge on any atom is -0.134 e. The van der Waals surface area contributed by atoms with E-state index in [-0.39, 0.29) is 0 Å². The predicted molar refractivity (Wildman–Crippen MR) is 202 cm³/mol. The van der Waals surface area contributed by atoms with Crippen molar-refractivity contribution in [2.75, 3.05) is 0 Å². The molecule has 0 aliphatic carbocycles. The molecule has 0 spiro atoms. The summed E-state index contributed by atoms with van der Waals surface area (Å²) in [4.78, 5) is 0. The van der Waals surface area contributed by atoms with E-state index < -0.39 is 0 Å². The molecule has 0 radical (unpaired) electrons. The summed E-state index contributed by atoms with van der Waals surface area (Å²) >= 11 is 3.98. The normalized spacial score (nSPS) is 13.9. The molecule has 0 nitrogen and oxygen atoms in total. The fourth-order valence-electron chi connectivity index (χ4n) is 7.02. The van der Waals surface area contributed by atoms with Crippen LogP contribution in [0.3, 0.4) is 0 Å². The van der Waals surface area contributed by atoms with Gasteiger partial charge in [0.2, 0.25) is 0 Å². The van der Waals surface area contributed by atoms with Crippen LogP contribution in [0, 0.1) is 23.7 Å². The van der Waals surface area contributed by atoms with E-state index in [4.69, 9.17) is 0 Å². The Hall–Kier alpha value is -2.42. The summed E-state index contributed by atoms with van der Waals surface area (Å²) < 4.78 is 5.79. The maximum atomic E-state index is 2.46. The summed E-state index contributed by atoms with van der Waals surface area (Å²) in [7, 11) is 0. The molecule has 232 valence electrons. The summed E-state index contributed by atoms with van der Waals surface area (Å²) in [6.07, 6.45) is 13.1. The highest BCUT2D eigenvalue weighted by Gasteiger charge is 2.15. The number of aryl methyl sites for hydroxylation is 2. The Bertz CT molecular complexity index is 1730. The number of thiophene rings is 2. The van der Waals surface area contributed by atoms with Gasteiger partial charge in [0.1, 0.15) is 0 Å². The highest BCUT2D eigenvalue weighted by molar-refractivity contribution is 7.36. The van der Waals surface area contributed by atoms with Gasteiger partial charge < -0.3 is 0 Å². The monoisotopic (exact) mass is 620 g/mol. The smallest absolute Gasteiger partial charge is 0.0542 e. The van der Waals surface area contributed by atoms with Crippen molar-refractivity contribution in [1.29, 1.82) is 0 Å². The van der Waals surface area contributed by atoms with Gasteiger partial charge in [-0.3, -0.25) is 0 Å². The SMILES string of the molecule is CC(C)CCCC(C)CCc1ccc2cc3c(cc2c1)sc1c2cc4ccc(CC[C@@H](C)CCCC(C)C)cc4cc2sc31. The molecule has 0 bridgehead atoms. The molecule has 0 aliphatic heterocycles. The van der Waals surface area contributed by atoms with E-state index in [1.165, 1.54) is 126 Å². The van der Waals surface area contributed by atoms with Gasteiger partial charge in [-0.15, -0.1) is 22.7 Å². The Morgan fingerprint density at radius 1 is 0.455 bits per heavy atom. The number of hydrogen-bond acceptors (Lipinski definition) is 2. The van der Waals surface area contributed by atoms with Gasteiger partial charge in [-0.1, -0.05) is 116 Å². The van der Waals surface area contributed by atoms with E-state index in [0.29, 0.717) is 0 Å². The van der Waals surface area contributed by atoms with Crippen LogP contribution in [-0.4, -0.2) is 0 Å². The lowest BCUT2D eigenvalue weighted by Crippen LogP contribution is -1.99. The highest BCUT2D eigenvalue weighted by atomic mass is 32.1. The van der Waals surface area contributed by atoms with Crippen molar-refractivity contribution >= 4 is 73.8 Å². The lowest BCUT2D eigenvalue weighted by molar-refractivity contribution is 0.437. The zero-order valence-electron chi connectivity index (χ0n) is 28.0. The van der Waals surface area contributed by atoms with Crippen molar-refractivity contribution in [1.82, 2.24) is 0 Å². The third kappa shape index (κ3) is 7.34. The molecule has 44 heavy (non-hydrogen) atoms. The van der Waals surface area contributed by atoms with Crippen LogP contribution < -0.4 is 0 Å². The first-order valence-corrected chi connectivity index (χ1v) is 19.1. The van der Waals surface area contributed by atoms with Crippen molar-refractivity contribution in [3.8, 4) is 0 Å². The molecule has 6 aromatic rings. The number of fused-ring (bicyclic) bond motifs is 7. The molecule has 2 atom stereocenters. The maximum absolute atomic E-state index is 2.46. The van der Waals surface area contributed by atoms with Crippen molar-refractivity contribution in [3.63, 3.8) is 0 Å². The van der Waals surface area contributed by atoms with Crippen LogP contribution in [0.4, 0.5) is 0 Å². The Morgan fingerprint density at radius 2 is 0.886 bits per heavy atom. The molecule has 4 aromatic carbocycles. The predicted octanol–water partition coefficient (Wildman–Crippen LogP) is 14.4. The number of hydrogen-bond donors (Lipinski definition) is 0. The second kappa shape index (κ2) is 13.9. The quantitative estimate of drug-likeness (QED) is 0.114. The summed E-state index contributed by atoms with van der Waals surface area (Å²) in [5.41, 5.74) is 2.98. The summed E-state index contributed by atoms with van der Waals surface area (Å²) in [5.74, 6) is 3.26. The van der Waals surface area contributed by atoms with Crippen molar-refractivity contribution in [3.05, 3.63) is 71.8 Å². The second-order valence-corrected chi connectivity index (χ2v) is 17.0. The van der Waals surface area contributed by atoms with Crippen molar-refractivity contribution in [2.45, 2.75) is 106 Å². The molecular weight excluding hydrogens is 569 g/mol. The summed E-state index contributed by atoms with van der Waals surface area (Å²) in [6.45, 7) is 14.2. The lowest BCUT2D eigenvalue weighted by atomic mass is 9.93. The average molecular weight is 621 g/mol. The molecule has 0 saturated heterocycles. The molecule has 0 aliphatic rings. The lowest BCUT2D eigenvalue weighted by Gasteiger charge is -2.12. The molecule has 0 saturated carbocycles. The van der Waals surface area contributed by atoms with E-state index in [9.17, 15) is 0 Å². The van der Waals surface area contributed by atoms with Crippen LogP contribution in [0.15, 0.2) is 60.7 Å². The fraction of sp³-hybridized carbons (Fsp3) is 0.476. The van der Waals surface area contributed by atoms with Crippen LogP contribution >= 0.6 is 22.7 Å². The molecule has 2 heterocycles. The first-order valence-electron chi connectivity index (χ1n) is 17.5. The van der Waals surface area contributed by atoms with Crippen molar-refractivity contribution < 1.29 is 0 Å². The minimum atomic E-state index is 0.806. The Labute approximate surface area is 273 Å². The maximum Gasteiger partial charge on any atom is 0.0542 e. The number of rotatable bonds is 14. The zero-order chi connectivity index (χ0) is 30.8. The summed E-state index contributed by atoms with van der Waals surface area (Å²) in [6, 6.07) is 24.2.